The van der Waals surface area contributed by atoms with Crippen LogP contribution in [-0.2, 0) is 4.79 Å². The molecule has 1 amide bonds. The van der Waals surface area contributed by atoms with Crippen molar-refractivity contribution in [1.29, 1.82) is 5.26 Å². The first kappa shape index (κ1) is 12.0. The molecule has 1 aromatic heterocycles. The number of nitrogens with zero attached hydrogens (tertiary/aromatic N) is 4. The molecule has 0 spiro atoms. The Balaban J connectivity index is 1.61. The lowest BCUT2D eigenvalue weighted by molar-refractivity contribution is -0.135. The number of carbonyl (C=O) groups is 1. The number of hydrogen-bond donors (Lipinski definition) is 0. The van der Waals surface area contributed by atoms with Crippen LogP contribution in [-0.4, -0.2) is 42.0 Å². The van der Waals surface area contributed by atoms with E-state index in [-0.39, 0.29) is 5.91 Å². The Morgan fingerprint density at radius 2 is 2.00 bits per heavy atom. The van der Waals surface area contributed by atoms with Gasteiger partial charge in [-0.3, -0.25) is 4.79 Å². The van der Waals surface area contributed by atoms with Crippen molar-refractivity contribution < 1.29 is 4.79 Å². The minimum absolute atomic E-state index is 0.0238. The third-order valence-corrected chi connectivity index (χ3v) is 3.91. The van der Waals surface area contributed by atoms with Crippen LogP contribution in [0.3, 0.4) is 0 Å². The van der Waals surface area contributed by atoms with E-state index in [1.165, 1.54) is 0 Å². The van der Waals surface area contributed by atoms with Crippen molar-refractivity contribution in [2.75, 3.05) is 31.1 Å². The number of carbonyl (C=O) groups excluding carboxylic acids is 1. The molecule has 1 aliphatic carbocycles. The molecule has 2 aliphatic rings. The van der Waals surface area contributed by atoms with E-state index in [1.54, 1.807) is 6.20 Å². The van der Waals surface area contributed by atoms with E-state index >= 15 is 0 Å². The van der Waals surface area contributed by atoms with Gasteiger partial charge in [-0.25, -0.2) is 4.98 Å². The lowest BCUT2D eigenvalue weighted by atomic mass is 10.1. The summed E-state index contributed by atoms with van der Waals surface area (Å²) in [6.07, 6.45) is 3.23. The number of anilines is 1. The summed E-state index contributed by atoms with van der Waals surface area (Å²) in [5, 5.41) is 9.07. The minimum Gasteiger partial charge on any atom is -0.353 e. The molecule has 1 aliphatic heterocycles. The van der Waals surface area contributed by atoms with Gasteiger partial charge in [-0.2, -0.15) is 5.26 Å². The molecule has 0 radical (unpaired) electrons. The van der Waals surface area contributed by atoms with Gasteiger partial charge >= 0.3 is 0 Å². The number of amides is 1. The van der Waals surface area contributed by atoms with E-state index < -0.39 is 5.41 Å². The first-order valence-corrected chi connectivity index (χ1v) is 6.62. The highest BCUT2D eigenvalue weighted by molar-refractivity contribution is 5.88. The SMILES string of the molecule is N#CC1(C(=O)N2CCN(c3ccccn3)CC2)CC1. The van der Waals surface area contributed by atoms with Crippen molar-refractivity contribution in [2.24, 2.45) is 5.41 Å². The molecule has 19 heavy (non-hydrogen) atoms. The molecule has 0 bridgehead atoms. The van der Waals surface area contributed by atoms with E-state index in [1.807, 2.05) is 23.1 Å². The zero-order valence-electron chi connectivity index (χ0n) is 10.7. The van der Waals surface area contributed by atoms with Crippen LogP contribution in [0.4, 0.5) is 5.82 Å². The second-order valence-corrected chi connectivity index (χ2v) is 5.16. The van der Waals surface area contributed by atoms with E-state index in [2.05, 4.69) is 16.0 Å². The van der Waals surface area contributed by atoms with Gasteiger partial charge in [0.25, 0.3) is 0 Å². The predicted molar refractivity (Wildman–Crippen MR) is 70.3 cm³/mol. The zero-order valence-corrected chi connectivity index (χ0v) is 10.7. The smallest absolute Gasteiger partial charge is 0.243 e. The molecule has 3 rings (SSSR count). The maximum atomic E-state index is 12.2. The van der Waals surface area contributed by atoms with Gasteiger partial charge in [0.05, 0.1) is 6.07 Å². The van der Waals surface area contributed by atoms with Crippen LogP contribution in [0.25, 0.3) is 0 Å². The second kappa shape index (κ2) is 4.54. The Kier molecular flexibility index (Phi) is 2.86. The van der Waals surface area contributed by atoms with Crippen molar-refractivity contribution in [3.05, 3.63) is 24.4 Å². The van der Waals surface area contributed by atoms with Crippen LogP contribution in [0.5, 0.6) is 0 Å². The number of aromatic nitrogens is 1. The van der Waals surface area contributed by atoms with Gasteiger partial charge in [0, 0.05) is 32.4 Å². The Hall–Kier alpha value is -2.09. The fourth-order valence-corrected chi connectivity index (χ4v) is 2.48. The second-order valence-electron chi connectivity index (χ2n) is 5.16. The highest BCUT2D eigenvalue weighted by atomic mass is 16.2. The van der Waals surface area contributed by atoms with Gasteiger partial charge in [0.1, 0.15) is 11.2 Å². The van der Waals surface area contributed by atoms with Crippen molar-refractivity contribution in [3.63, 3.8) is 0 Å². The fraction of sp³-hybridized carbons (Fsp3) is 0.500. The molecule has 2 fully saturated rings. The average molecular weight is 256 g/mol. The zero-order chi connectivity index (χ0) is 13.3. The topological polar surface area (TPSA) is 60.2 Å². The van der Waals surface area contributed by atoms with Gasteiger partial charge in [-0.05, 0) is 25.0 Å². The highest BCUT2D eigenvalue weighted by Crippen LogP contribution is 2.46. The Bertz CT molecular complexity index is 510. The molecule has 5 heteroatoms. The number of hydrogen-bond acceptors (Lipinski definition) is 4. The maximum absolute atomic E-state index is 12.2. The largest absolute Gasteiger partial charge is 0.353 e. The molecule has 5 nitrogen and oxygen atoms in total. The molecule has 0 aromatic carbocycles. The first-order chi connectivity index (χ1) is 9.25. The van der Waals surface area contributed by atoms with E-state index in [0.29, 0.717) is 13.1 Å². The van der Waals surface area contributed by atoms with Crippen LogP contribution in [0.2, 0.25) is 0 Å². The van der Waals surface area contributed by atoms with Gasteiger partial charge < -0.3 is 9.80 Å². The Labute approximate surface area is 112 Å². The fourth-order valence-electron chi connectivity index (χ4n) is 2.48. The molecular formula is C14H16N4O. The van der Waals surface area contributed by atoms with Crippen LogP contribution in [0.1, 0.15) is 12.8 Å². The number of pyridine rings is 1. The van der Waals surface area contributed by atoms with Crippen molar-refractivity contribution in [2.45, 2.75) is 12.8 Å². The molecule has 1 saturated heterocycles. The summed E-state index contributed by atoms with van der Waals surface area (Å²) in [6, 6.07) is 8.02. The summed E-state index contributed by atoms with van der Waals surface area (Å²) in [5.41, 5.74) is -0.687. The highest BCUT2D eigenvalue weighted by Gasteiger charge is 2.52. The first-order valence-electron chi connectivity index (χ1n) is 6.62. The van der Waals surface area contributed by atoms with E-state index in [0.717, 1.165) is 31.7 Å². The summed E-state index contributed by atoms with van der Waals surface area (Å²) < 4.78 is 0. The summed E-state index contributed by atoms with van der Waals surface area (Å²) in [7, 11) is 0. The van der Waals surface area contributed by atoms with Crippen LogP contribution >= 0.6 is 0 Å². The predicted octanol–water partition coefficient (Wildman–Crippen LogP) is 1.03. The molecule has 1 saturated carbocycles. The summed E-state index contributed by atoms with van der Waals surface area (Å²) in [6.45, 7) is 2.92. The Morgan fingerprint density at radius 3 is 2.53 bits per heavy atom. The van der Waals surface area contributed by atoms with E-state index in [9.17, 15) is 4.79 Å². The number of rotatable bonds is 2. The van der Waals surface area contributed by atoms with Crippen molar-refractivity contribution in [3.8, 4) is 6.07 Å². The van der Waals surface area contributed by atoms with Gasteiger partial charge in [-0.1, -0.05) is 6.07 Å². The number of piperazine rings is 1. The Morgan fingerprint density at radius 1 is 1.26 bits per heavy atom. The molecule has 0 unspecified atom stereocenters. The monoisotopic (exact) mass is 256 g/mol. The van der Waals surface area contributed by atoms with E-state index in [4.69, 9.17) is 5.26 Å². The quantitative estimate of drug-likeness (QED) is 0.793. The summed E-state index contributed by atoms with van der Waals surface area (Å²) in [5.74, 6) is 0.978. The van der Waals surface area contributed by atoms with Crippen LogP contribution < -0.4 is 4.90 Å². The third-order valence-electron chi connectivity index (χ3n) is 3.91. The standard InChI is InChI=1S/C14H16N4O/c15-11-14(4-5-14)13(19)18-9-7-17(8-10-18)12-3-1-2-6-16-12/h1-3,6H,4-5,7-10H2. The van der Waals surface area contributed by atoms with Crippen LogP contribution in [0, 0.1) is 16.7 Å². The minimum atomic E-state index is -0.687. The van der Waals surface area contributed by atoms with Crippen LogP contribution in [0.15, 0.2) is 24.4 Å². The third kappa shape index (κ3) is 2.14. The lowest BCUT2D eigenvalue weighted by Crippen LogP contribution is -2.51. The molecule has 2 heterocycles. The number of nitriles is 1. The molecule has 0 N–H and O–H groups in total. The lowest BCUT2D eigenvalue weighted by Gasteiger charge is -2.36. The average Bonchev–Trinajstić information content (AvgIpc) is 3.29. The van der Waals surface area contributed by atoms with Crippen molar-refractivity contribution in [1.82, 2.24) is 9.88 Å². The molecular weight excluding hydrogens is 240 g/mol. The molecule has 98 valence electrons. The van der Waals surface area contributed by atoms with Gasteiger partial charge in [0.15, 0.2) is 0 Å². The summed E-state index contributed by atoms with van der Waals surface area (Å²) >= 11 is 0. The maximum Gasteiger partial charge on any atom is 0.243 e. The summed E-state index contributed by atoms with van der Waals surface area (Å²) in [4.78, 5) is 20.6. The normalized spacial score (nSPS) is 20.8. The van der Waals surface area contributed by atoms with Gasteiger partial charge in [-0.15, -0.1) is 0 Å². The molecule has 1 aromatic rings. The van der Waals surface area contributed by atoms with Crippen molar-refractivity contribution >= 4 is 11.7 Å². The molecule has 0 atom stereocenters. The van der Waals surface area contributed by atoms with Gasteiger partial charge in [0.2, 0.25) is 5.91 Å².